The first kappa shape index (κ1) is 29.4. The van der Waals surface area contributed by atoms with Gasteiger partial charge in [-0.25, -0.2) is 0 Å². The van der Waals surface area contributed by atoms with Crippen molar-refractivity contribution in [2.45, 2.75) is 42.9 Å². The molecule has 0 spiro atoms. The van der Waals surface area contributed by atoms with E-state index in [1.807, 2.05) is 24.3 Å². The molecule has 0 radical (unpaired) electrons. The molecule has 2 N–H and O–H groups in total. The summed E-state index contributed by atoms with van der Waals surface area (Å²) in [5.41, 5.74) is 7.77. The van der Waals surface area contributed by atoms with Crippen LogP contribution in [0.1, 0.15) is 59.5 Å². The molecule has 3 aromatic rings. The zero-order valence-corrected chi connectivity index (χ0v) is 24.2. The number of benzene rings is 3. The summed E-state index contributed by atoms with van der Waals surface area (Å²) in [5.74, 6) is 0.864. The van der Waals surface area contributed by atoms with Crippen molar-refractivity contribution in [2.75, 3.05) is 46.1 Å². The largest absolute Gasteiger partial charge is 0.497 e. The van der Waals surface area contributed by atoms with E-state index in [1.54, 1.807) is 35.9 Å². The van der Waals surface area contributed by atoms with Crippen LogP contribution in [-0.2, 0) is 4.79 Å². The Bertz CT molecular complexity index is 1380. The number of thioether (sulfide) groups is 1. The number of carbonyl (C=O) groups is 2. The Morgan fingerprint density at radius 2 is 1.88 bits per heavy atom. The number of fused-ring (bicyclic) bond motifs is 1. The molecule has 210 valence electrons. The maximum Gasteiger partial charge on any atom is 0.254 e. The van der Waals surface area contributed by atoms with Gasteiger partial charge in [0.05, 0.1) is 18.7 Å². The standard InChI is InChI=1S/C32H38N4O3S/c1-39-26-9-10-28(30(21-26)40-2)24-11-16-35(17-12-24)14-5-6-15-36(18-13-31(34)37)32(38)29-20-23(22-33)19-25-7-3-4-8-27(25)29/h3-4,7-10,19-21,24H,5-6,11-18H2,1-2H3,(H2,34,37). The number of piperidine rings is 1. The third-order valence-corrected chi connectivity index (χ3v) is 8.55. The molecule has 3 aromatic carbocycles. The van der Waals surface area contributed by atoms with Gasteiger partial charge in [-0.1, -0.05) is 30.3 Å². The molecule has 40 heavy (non-hydrogen) atoms. The van der Waals surface area contributed by atoms with Gasteiger partial charge in [0, 0.05) is 30.0 Å². The van der Waals surface area contributed by atoms with E-state index >= 15 is 0 Å². The zero-order valence-electron chi connectivity index (χ0n) is 23.4. The fourth-order valence-corrected chi connectivity index (χ4v) is 6.25. The lowest BCUT2D eigenvalue weighted by molar-refractivity contribution is -0.118. The number of unbranched alkanes of at least 4 members (excludes halogenated alkanes) is 1. The van der Waals surface area contributed by atoms with E-state index in [1.165, 1.54) is 10.5 Å². The molecule has 1 fully saturated rings. The summed E-state index contributed by atoms with van der Waals surface area (Å²) in [5, 5.41) is 11.2. The Balaban J connectivity index is 1.33. The number of ether oxygens (including phenoxy) is 1. The van der Waals surface area contributed by atoms with Crippen LogP contribution < -0.4 is 10.5 Å². The maximum atomic E-state index is 13.6. The van der Waals surface area contributed by atoms with E-state index in [0.29, 0.717) is 23.6 Å². The summed E-state index contributed by atoms with van der Waals surface area (Å²) in [6, 6.07) is 19.6. The molecule has 4 rings (SSSR count). The lowest BCUT2D eigenvalue weighted by Crippen LogP contribution is -2.36. The van der Waals surface area contributed by atoms with E-state index < -0.39 is 5.91 Å². The smallest absolute Gasteiger partial charge is 0.254 e. The van der Waals surface area contributed by atoms with Crippen LogP contribution in [0.15, 0.2) is 59.5 Å². The number of carbonyl (C=O) groups excluding carboxylic acids is 2. The molecule has 0 atom stereocenters. The highest BCUT2D eigenvalue weighted by Crippen LogP contribution is 2.36. The first-order valence-electron chi connectivity index (χ1n) is 13.9. The van der Waals surface area contributed by atoms with Gasteiger partial charge in [0.15, 0.2) is 0 Å². The third-order valence-electron chi connectivity index (χ3n) is 7.76. The minimum absolute atomic E-state index is 0.110. The van der Waals surface area contributed by atoms with Gasteiger partial charge in [0.25, 0.3) is 5.91 Å². The highest BCUT2D eigenvalue weighted by Gasteiger charge is 2.23. The van der Waals surface area contributed by atoms with Gasteiger partial charge in [-0.3, -0.25) is 9.59 Å². The Morgan fingerprint density at radius 1 is 1.10 bits per heavy atom. The first-order chi connectivity index (χ1) is 19.4. The van der Waals surface area contributed by atoms with Gasteiger partial charge in [-0.15, -0.1) is 11.8 Å². The number of methoxy groups -OCH3 is 1. The molecule has 1 saturated heterocycles. The summed E-state index contributed by atoms with van der Waals surface area (Å²) in [6.07, 6.45) is 6.28. The summed E-state index contributed by atoms with van der Waals surface area (Å²) in [4.78, 5) is 30.7. The van der Waals surface area contributed by atoms with Gasteiger partial charge < -0.3 is 20.3 Å². The summed E-state index contributed by atoms with van der Waals surface area (Å²) < 4.78 is 5.40. The Kier molecular flexibility index (Phi) is 10.5. The van der Waals surface area contributed by atoms with E-state index in [9.17, 15) is 14.9 Å². The van der Waals surface area contributed by atoms with E-state index in [4.69, 9.17) is 10.5 Å². The summed E-state index contributed by atoms with van der Waals surface area (Å²) >= 11 is 1.78. The van der Waals surface area contributed by atoms with E-state index in [-0.39, 0.29) is 18.9 Å². The third kappa shape index (κ3) is 7.35. The fourth-order valence-electron chi connectivity index (χ4n) is 5.54. The quantitative estimate of drug-likeness (QED) is 0.235. The molecular weight excluding hydrogens is 520 g/mol. The van der Waals surface area contributed by atoms with Crippen molar-refractivity contribution in [2.24, 2.45) is 5.73 Å². The van der Waals surface area contributed by atoms with Crippen LogP contribution in [-0.4, -0.2) is 67.7 Å². The van der Waals surface area contributed by atoms with Gasteiger partial charge in [0.2, 0.25) is 5.91 Å². The molecular formula is C32H38N4O3S. The molecule has 0 saturated carbocycles. The fraction of sp³-hybridized carbons (Fsp3) is 0.406. The number of likely N-dealkylation sites (tertiary alicyclic amines) is 1. The summed E-state index contributed by atoms with van der Waals surface area (Å²) in [6.45, 7) is 3.90. The Morgan fingerprint density at radius 3 is 2.58 bits per heavy atom. The average Bonchev–Trinajstić information content (AvgIpc) is 2.99. The highest BCUT2D eigenvalue weighted by molar-refractivity contribution is 7.98. The monoisotopic (exact) mass is 558 g/mol. The molecule has 8 heteroatoms. The lowest BCUT2D eigenvalue weighted by atomic mass is 9.89. The topological polar surface area (TPSA) is 99.7 Å². The second-order valence-corrected chi connectivity index (χ2v) is 11.1. The number of hydrogen-bond acceptors (Lipinski definition) is 6. The molecule has 0 aliphatic carbocycles. The van der Waals surface area contributed by atoms with Crippen LogP contribution in [0.5, 0.6) is 5.75 Å². The number of hydrogen-bond donors (Lipinski definition) is 1. The number of nitrogens with two attached hydrogens (primary N) is 1. The molecule has 1 aliphatic heterocycles. The molecule has 0 bridgehead atoms. The van der Waals surface area contributed by atoms with Crippen molar-refractivity contribution >= 4 is 34.3 Å². The van der Waals surface area contributed by atoms with Crippen LogP contribution >= 0.6 is 11.8 Å². The second-order valence-electron chi connectivity index (χ2n) is 10.3. The molecule has 0 aromatic heterocycles. The van der Waals surface area contributed by atoms with Crippen molar-refractivity contribution < 1.29 is 14.3 Å². The second kappa shape index (κ2) is 14.2. The minimum Gasteiger partial charge on any atom is -0.497 e. The lowest BCUT2D eigenvalue weighted by Gasteiger charge is -2.33. The Labute approximate surface area is 241 Å². The number of rotatable bonds is 12. The first-order valence-corrected chi connectivity index (χ1v) is 15.1. The van der Waals surface area contributed by atoms with Crippen LogP contribution in [0.2, 0.25) is 0 Å². The number of nitrogens with zero attached hydrogens (tertiary/aromatic N) is 3. The van der Waals surface area contributed by atoms with Crippen LogP contribution in [0.3, 0.4) is 0 Å². The summed E-state index contributed by atoms with van der Waals surface area (Å²) in [7, 11) is 1.71. The molecule has 2 amide bonds. The zero-order chi connectivity index (χ0) is 28.5. The molecule has 0 unspecified atom stereocenters. The highest BCUT2D eigenvalue weighted by atomic mass is 32.2. The van der Waals surface area contributed by atoms with Crippen LogP contribution in [0.25, 0.3) is 10.8 Å². The maximum absolute atomic E-state index is 13.6. The van der Waals surface area contributed by atoms with Crippen molar-refractivity contribution in [1.82, 2.24) is 9.80 Å². The van der Waals surface area contributed by atoms with Crippen molar-refractivity contribution in [3.8, 4) is 11.8 Å². The SMILES string of the molecule is COc1ccc(C2CCN(CCCCN(CCC(N)=O)C(=O)c3cc(C#N)cc4ccccc34)CC2)c(SC)c1. The predicted molar refractivity (Wildman–Crippen MR) is 161 cm³/mol. The van der Waals surface area contributed by atoms with Gasteiger partial charge >= 0.3 is 0 Å². The number of amides is 2. The van der Waals surface area contributed by atoms with Crippen molar-refractivity contribution in [3.05, 3.63) is 71.3 Å². The van der Waals surface area contributed by atoms with E-state index in [0.717, 1.165) is 61.8 Å². The van der Waals surface area contributed by atoms with Crippen molar-refractivity contribution in [3.63, 3.8) is 0 Å². The van der Waals surface area contributed by atoms with Gasteiger partial charge in [-0.05, 0) is 98.1 Å². The van der Waals surface area contributed by atoms with Gasteiger partial charge in [0.1, 0.15) is 5.75 Å². The minimum atomic E-state index is -0.433. The van der Waals surface area contributed by atoms with Crippen LogP contribution in [0, 0.1) is 11.3 Å². The molecule has 1 heterocycles. The van der Waals surface area contributed by atoms with Gasteiger partial charge in [-0.2, -0.15) is 5.26 Å². The average molecular weight is 559 g/mol. The van der Waals surface area contributed by atoms with Crippen LogP contribution in [0.4, 0.5) is 0 Å². The Hall–Kier alpha value is -3.54. The molecule has 1 aliphatic rings. The van der Waals surface area contributed by atoms with E-state index in [2.05, 4.69) is 35.4 Å². The number of nitriles is 1. The molecule has 7 nitrogen and oxygen atoms in total. The van der Waals surface area contributed by atoms with Crippen molar-refractivity contribution in [1.29, 1.82) is 5.26 Å². The normalized spacial score (nSPS) is 14.1. The predicted octanol–water partition coefficient (Wildman–Crippen LogP) is 5.42. The number of primary amides is 1.